The fraction of sp³-hybridized carbons (Fsp3) is 0.900. The monoisotopic (exact) mass is 267 g/mol. The highest BCUT2D eigenvalue weighted by Gasteiger charge is 2.08. The van der Waals surface area contributed by atoms with E-state index < -0.39 is 0 Å². The lowest BCUT2D eigenvalue weighted by molar-refractivity contribution is -0.118. The Labute approximate surface area is 108 Å². The van der Waals surface area contributed by atoms with Crippen LogP contribution in [0.3, 0.4) is 0 Å². The van der Waals surface area contributed by atoms with Crippen molar-refractivity contribution in [2.45, 2.75) is 6.42 Å². The third-order valence-corrected chi connectivity index (χ3v) is 3.01. The number of amides is 1. The summed E-state index contributed by atoms with van der Waals surface area (Å²) in [5, 5.41) is 6.25. The first-order valence-electron chi connectivity index (χ1n) is 5.51. The predicted molar refractivity (Wildman–Crippen MR) is 72.6 cm³/mol. The molecular weight excluding hydrogens is 246 g/mol. The Morgan fingerprint density at radius 2 is 2.12 bits per heavy atom. The van der Waals surface area contributed by atoms with Gasteiger partial charge < -0.3 is 15.5 Å². The first-order valence-corrected chi connectivity index (χ1v) is 6.91. The van der Waals surface area contributed by atoms with E-state index in [0.29, 0.717) is 5.75 Å². The molecule has 4 nitrogen and oxygen atoms in total. The Bertz CT molecular complexity index is 189. The van der Waals surface area contributed by atoms with Crippen molar-refractivity contribution in [2.24, 2.45) is 0 Å². The standard InChI is InChI=1S/C10H21N3OS.ClH/c1-15-9-10(14)12-3-2-6-13-7-4-11-5-8-13;/h11H,2-9H2,1H3,(H,12,14);1H. The third kappa shape index (κ3) is 7.33. The molecule has 2 N–H and O–H groups in total. The normalized spacial score (nSPS) is 16.6. The number of piperazine rings is 1. The molecule has 1 rings (SSSR count). The molecule has 1 fully saturated rings. The molecule has 0 aromatic carbocycles. The molecule has 1 amide bonds. The maximum atomic E-state index is 11.1. The average Bonchev–Trinajstić information content (AvgIpc) is 2.26. The van der Waals surface area contributed by atoms with Gasteiger partial charge in [-0.25, -0.2) is 0 Å². The van der Waals surface area contributed by atoms with Crippen LogP contribution >= 0.6 is 24.2 Å². The molecule has 1 saturated heterocycles. The van der Waals surface area contributed by atoms with E-state index in [2.05, 4.69) is 15.5 Å². The van der Waals surface area contributed by atoms with Crippen molar-refractivity contribution in [3.63, 3.8) is 0 Å². The summed E-state index contributed by atoms with van der Waals surface area (Å²) in [5.41, 5.74) is 0. The van der Waals surface area contributed by atoms with E-state index in [-0.39, 0.29) is 18.3 Å². The zero-order valence-corrected chi connectivity index (χ0v) is 11.5. The van der Waals surface area contributed by atoms with Gasteiger partial charge in [-0.1, -0.05) is 0 Å². The summed E-state index contributed by atoms with van der Waals surface area (Å²) in [7, 11) is 0. The van der Waals surface area contributed by atoms with E-state index in [9.17, 15) is 4.79 Å². The maximum absolute atomic E-state index is 11.1. The van der Waals surface area contributed by atoms with Crippen molar-refractivity contribution >= 4 is 30.1 Å². The molecule has 6 heteroatoms. The van der Waals surface area contributed by atoms with E-state index >= 15 is 0 Å². The molecule has 96 valence electrons. The van der Waals surface area contributed by atoms with E-state index in [1.54, 1.807) is 11.8 Å². The summed E-state index contributed by atoms with van der Waals surface area (Å²) in [6.45, 7) is 6.37. The predicted octanol–water partition coefficient (Wildman–Crippen LogP) is 0.183. The van der Waals surface area contributed by atoms with E-state index in [0.717, 1.165) is 45.7 Å². The number of halogens is 1. The summed E-state index contributed by atoms with van der Waals surface area (Å²) < 4.78 is 0. The van der Waals surface area contributed by atoms with Crippen LogP contribution < -0.4 is 10.6 Å². The molecule has 16 heavy (non-hydrogen) atoms. The van der Waals surface area contributed by atoms with Crippen molar-refractivity contribution in [3.8, 4) is 0 Å². The Morgan fingerprint density at radius 1 is 1.44 bits per heavy atom. The van der Waals surface area contributed by atoms with Crippen LogP contribution in [-0.4, -0.2) is 62.1 Å². The topological polar surface area (TPSA) is 44.4 Å². The minimum Gasteiger partial charge on any atom is -0.355 e. The molecule has 1 aliphatic rings. The van der Waals surface area contributed by atoms with Crippen LogP contribution in [0.2, 0.25) is 0 Å². The van der Waals surface area contributed by atoms with Gasteiger partial charge in [-0.2, -0.15) is 11.8 Å². The van der Waals surface area contributed by atoms with Crippen LogP contribution in [0.1, 0.15) is 6.42 Å². The number of nitrogens with one attached hydrogen (secondary N) is 2. The minimum atomic E-state index is 0. The Kier molecular flexibility index (Phi) is 10.2. The lowest BCUT2D eigenvalue weighted by Crippen LogP contribution is -2.44. The molecule has 0 saturated carbocycles. The van der Waals surface area contributed by atoms with Gasteiger partial charge in [0.05, 0.1) is 5.75 Å². The maximum Gasteiger partial charge on any atom is 0.229 e. The summed E-state index contributed by atoms with van der Waals surface area (Å²) in [4.78, 5) is 13.6. The van der Waals surface area contributed by atoms with Crippen LogP contribution in [0.25, 0.3) is 0 Å². The first kappa shape index (κ1) is 16.0. The molecule has 0 radical (unpaired) electrons. The molecule has 1 aliphatic heterocycles. The minimum absolute atomic E-state index is 0. The van der Waals surface area contributed by atoms with Gasteiger partial charge >= 0.3 is 0 Å². The summed E-state index contributed by atoms with van der Waals surface area (Å²) in [5.74, 6) is 0.732. The Morgan fingerprint density at radius 3 is 2.75 bits per heavy atom. The van der Waals surface area contributed by atoms with Gasteiger partial charge in [-0.15, -0.1) is 12.4 Å². The Hall–Kier alpha value is 0.0300. The summed E-state index contributed by atoms with van der Waals surface area (Å²) in [6, 6.07) is 0. The molecule has 0 unspecified atom stereocenters. The van der Waals surface area contributed by atoms with Crippen molar-refractivity contribution in [1.29, 1.82) is 0 Å². The smallest absolute Gasteiger partial charge is 0.229 e. The van der Waals surface area contributed by atoms with Gasteiger partial charge in [0.1, 0.15) is 0 Å². The lowest BCUT2D eigenvalue weighted by Gasteiger charge is -2.27. The van der Waals surface area contributed by atoms with Crippen molar-refractivity contribution in [3.05, 3.63) is 0 Å². The van der Waals surface area contributed by atoms with Crippen LogP contribution in [0.4, 0.5) is 0 Å². The van der Waals surface area contributed by atoms with Gasteiger partial charge in [0.2, 0.25) is 5.91 Å². The molecular formula is C10H22ClN3OS. The highest BCUT2D eigenvalue weighted by atomic mass is 35.5. The number of carbonyl (C=O) groups is 1. The lowest BCUT2D eigenvalue weighted by atomic mass is 10.3. The second kappa shape index (κ2) is 10.2. The first-order chi connectivity index (χ1) is 7.33. The number of carbonyl (C=O) groups excluding carboxylic acids is 1. The van der Waals surface area contributed by atoms with Gasteiger partial charge in [-0.3, -0.25) is 4.79 Å². The second-order valence-electron chi connectivity index (χ2n) is 3.73. The molecule has 0 bridgehead atoms. The molecule has 0 atom stereocenters. The Balaban J connectivity index is 0.00000225. The zero-order chi connectivity index (χ0) is 10.9. The number of hydrogen-bond donors (Lipinski definition) is 2. The summed E-state index contributed by atoms with van der Waals surface area (Å²) in [6.07, 6.45) is 3.00. The zero-order valence-electron chi connectivity index (χ0n) is 9.83. The van der Waals surface area contributed by atoms with Crippen molar-refractivity contribution < 1.29 is 4.79 Å². The van der Waals surface area contributed by atoms with Gasteiger partial charge in [0, 0.05) is 32.7 Å². The average molecular weight is 268 g/mol. The van der Waals surface area contributed by atoms with Crippen molar-refractivity contribution in [1.82, 2.24) is 15.5 Å². The summed E-state index contributed by atoms with van der Waals surface area (Å²) >= 11 is 1.57. The third-order valence-electron chi connectivity index (χ3n) is 2.46. The van der Waals surface area contributed by atoms with Gasteiger partial charge in [0.25, 0.3) is 0 Å². The highest BCUT2D eigenvalue weighted by molar-refractivity contribution is 7.99. The molecule has 0 aliphatic carbocycles. The quantitative estimate of drug-likeness (QED) is 0.674. The number of thioether (sulfide) groups is 1. The molecule has 1 heterocycles. The van der Waals surface area contributed by atoms with E-state index in [1.165, 1.54) is 0 Å². The van der Waals surface area contributed by atoms with Crippen LogP contribution in [0.15, 0.2) is 0 Å². The highest BCUT2D eigenvalue weighted by Crippen LogP contribution is 1.94. The van der Waals surface area contributed by atoms with Gasteiger partial charge in [0.15, 0.2) is 0 Å². The van der Waals surface area contributed by atoms with Crippen LogP contribution in [0, 0.1) is 0 Å². The fourth-order valence-electron chi connectivity index (χ4n) is 1.65. The van der Waals surface area contributed by atoms with Crippen LogP contribution in [-0.2, 0) is 4.79 Å². The SMILES string of the molecule is CSCC(=O)NCCCN1CCNCC1.Cl. The molecule has 0 aromatic rings. The largest absolute Gasteiger partial charge is 0.355 e. The van der Waals surface area contributed by atoms with Crippen LogP contribution in [0.5, 0.6) is 0 Å². The number of rotatable bonds is 6. The molecule has 0 spiro atoms. The number of hydrogen-bond acceptors (Lipinski definition) is 4. The van der Waals surface area contributed by atoms with Gasteiger partial charge in [-0.05, 0) is 19.2 Å². The van der Waals surface area contributed by atoms with Crippen molar-refractivity contribution in [2.75, 3.05) is 51.3 Å². The fourth-order valence-corrected chi connectivity index (χ4v) is 2.01. The van der Waals surface area contributed by atoms with E-state index in [1.807, 2.05) is 6.26 Å². The van der Waals surface area contributed by atoms with E-state index in [4.69, 9.17) is 0 Å². The second-order valence-corrected chi connectivity index (χ2v) is 4.59. The number of nitrogens with zero attached hydrogens (tertiary/aromatic N) is 1. The molecule has 0 aromatic heterocycles.